The molecule has 0 saturated carbocycles. The first-order chi connectivity index (χ1) is 27.2. The zero-order chi connectivity index (χ0) is 38.2. The van der Waals surface area contributed by atoms with Gasteiger partial charge in [0.25, 0.3) is 0 Å². The molecule has 0 amide bonds. The maximum Gasteiger partial charge on any atom is 0.164 e. The maximum atomic E-state index is 8.98. The van der Waals surface area contributed by atoms with Crippen molar-refractivity contribution in [1.29, 1.82) is 0 Å². The van der Waals surface area contributed by atoms with Crippen LogP contribution in [0.3, 0.4) is 0 Å². The second-order valence-corrected chi connectivity index (χ2v) is 13.0. The average molecular weight is 663 g/mol. The highest BCUT2D eigenvalue weighted by atomic mass is 32.1. The molecule has 0 bridgehead atoms. The van der Waals surface area contributed by atoms with E-state index in [-0.39, 0.29) is 47.2 Å². The molecule has 0 saturated heterocycles. The minimum Gasteiger partial charge on any atom is -0.308 e. The van der Waals surface area contributed by atoms with Crippen LogP contribution >= 0.6 is 11.3 Å². The SMILES string of the molecule is [2H]c1cc([2H])c2c(c1[2H])c1c([2H])cc([2H])c([2H])c1n2-c1cccc2c1sc1cc(-c3nc(-c4ccccc4)nc(-c4cccc(-c5ccccc5)c4)n3)ccc12. The van der Waals surface area contributed by atoms with Crippen molar-refractivity contribution in [1.82, 2.24) is 19.5 Å². The van der Waals surface area contributed by atoms with Gasteiger partial charge in [0, 0.05) is 42.9 Å². The van der Waals surface area contributed by atoms with E-state index in [1.807, 2.05) is 84.9 Å². The van der Waals surface area contributed by atoms with Crippen molar-refractivity contribution in [2.75, 3.05) is 0 Å². The summed E-state index contributed by atoms with van der Waals surface area (Å²) in [5.74, 6) is 1.64. The Morgan fingerprint density at radius 3 is 1.88 bits per heavy atom. The Morgan fingerprint density at radius 1 is 0.440 bits per heavy atom. The molecule has 0 spiro atoms. The molecular weight excluding hydrogens is 629 g/mol. The van der Waals surface area contributed by atoms with E-state index in [0.717, 1.165) is 48.0 Å². The number of hydrogen-bond donors (Lipinski definition) is 0. The van der Waals surface area contributed by atoms with Gasteiger partial charge in [0.05, 0.1) is 29.6 Å². The van der Waals surface area contributed by atoms with Gasteiger partial charge in [-0.15, -0.1) is 11.3 Å². The Balaban J connectivity index is 1.18. The number of nitrogens with zero attached hydrogens (tertiary/aromatic N) is 4. The summed E-state index contributed by atoms with van der Waals surface area (Å²) in [7, 11) is 0. The van der Waals surface area contributed by atoms with Crippen LogP contribution in [0.2, 0.25) is 0 Å². The molecule has 0 radical (unpaired) electrons. The van der Waals surface area contributed by atoms with Crippen LogP contribution in [0.5, 0.6) is 0 Å². The fourth-order valence-corrected chi connectivity index (χ4v) is 7.92. The van der Waals surface area contributed by atoms with Crippen molar-refractivity contribution < 1.29 is 8.22 Å². The zero-order valence-corrected chi connectivity index (χ0v) is 27.2. The van der Waals surface area contributed by atoms with Crippen molar-refractivity contribution in [3.05, 3.63) is 170 Å². The molecule has 3 heterocycles. The van der Waals surface area contributed by atoms with Gasteiger partial charge in [-0.25, -0.2) is 15.0 Å². The van der Waals surface area contributed by atoms with E-state index in [4.69, 9.17) is 23.2 Å². The second kappa shape index (κ2) is 11.6. The highest BCUT2D eigenvalue weighted by molar-refractivity contribution is 7.26. The Morgan fingerprint density at radius 2 is 1.06 bits per heavy atom. The lowest BCUT2D eigenvalue weighted by molar-refractivity contribution is 1.07. The zero-order valence-electron chi connectivity index (χ0n) is 32.4. The lowest BCUT2D eigenvalue weighted by Crippen LogP contribution is -2.00. The van der Waals surface area contributed by atoms with Crippen LogP contribution in [0.25, 0.3) is 93.0 Å². The molecule has 0 aliphatic carbocycles. The van der Waals surface area contributed by atoms with E-state index in [2.05, 4.69) is 36.4 Å². The lowest BCUT2D eigenvalue weighted by Gasteiger charge is -2.10. The molecule has 0 atom stereocenters. The van der Waals surface area contributed by atoms with Gasteiger partial charge in [0.15, 0.2) is 17.5 Å². The molecular formula is C45H28N4S. The summed E-state index contributed by atoms with van der Waals surface area (Å²) in [6, 6.07) is 42.4. The average Bonchev–Trinajstić information content (AvgIpc) is 3.80. The Hall–Kier alpha value is -6.43. The molecule has 0 N–H and O–H groups in total. The quantitative estimate of drug-likeness (QED) is 0.184. The summed E-state index contributed by atoms with van der Waals surface area (Å²) in [6.07, 6.45) is 0. The van der Waals surface area contributed by atoms with Gasteiger partial charge in [-0.1, -0.05) is 139 Å². The number of rotatable bonds is 5. The lowest BCUT2D eigenvalue weighted by atomic mass is 10.0. The first-order valence-corrected chi connectivity index (χ1v) is 17.0. The molecule has 0 aliphatic rings. The number of hydrogen-bond acceptors (Lipinski definition) is 4. The number of para-hydroxylation sites is 2. The molecule has 0 aliphatic heterocycles. The molecule has 10 aromatic rings. The molecule has 5 heteroatoms. The van der Waals surface area contributed by atoms with Gasteiger partial charge in [0.2, 0.25) is 0 Å². The topological polar surface area (TPSA) is 43.6 Å². The largest absolute Gasteiger partial charge is 0.308 e. The Kier molecular flexibility index (Phi) is 5.35. The van der Waals surface area contributed by atoms with E-state index in [1.165, 1.54) is 12.1 Å². The predicted molar refractivity (Wildman–Crippen MR) is 209 cm³/mol. The molecule has 4 nitrogen and oxygen atoms in total. The van der Waals surface area contributed by atoms with Crippen molar-refractivity contribution in [3.8, 4) is 51.0 Å². The summed E-state index contributed by atoms with van der Waals surface area (Å²) in [5.41, 5.74) is 5.99. The van der Waals surface area contributed by atoms with Crippen molar-refractivity contribution >= 4 is 53.3 Å². The van der Waals surface area contributed by atoms with Crippen molar-refractivity contribution in [2.45, 2.75) is 0 Å². The number of aromatic nitrogens is 4. The van der Waals surface area contributed by atoms with E-state index >= 15 is 0 Å². The van der Waals surface area contributed by atoms with Crippen molar-refractivity contribution in [3.63, 3.8) is 0 Å². The molecule has 0 unspecified atom stereocenters. The molecule has 0 fully saturated rings. The van der Waals surface area contributed by atoms with Crippen LogP contribution in [-0.4, -0.2) is 19.5 Å². The Bertz CT molecular complexity index is 3220. The van der Waals surface area contributed by atoms with E-state index in [0.29, 0.717) is 34.1 Å². The molecule has 3 aromatic heterocycles. The monoisotopic (exact) mass is 662 g/mol. The Labute approximate surface area is 301 Å². The van der Waals surface area contributed by atoms with E-state index in [9.17, 15) is 0 Å². The number of thiophene rings is 1. The van der Waals surface area contributed by atoms with Gasteiger partial charge in [0.1, 0.15) is 0 Å². The number of benzene rings is 7. The molecule has 7 aromatic carbocycles. The van der Waals surface area contributed by atoms with Gasteiger partial charge in [-0.2, -0.15) is 0 Å². The summed E-state index contributed by atoms with van der Waals surface area (Å²) in [5, 5.41) is 2.52. The third kappa shape index (κ3) is 4.71. The number of fused-ring (bicyclic) bond motifs is 6. The van der Waals surface area contributed by atoms with Gasteiger partial charge < -0.3 is 4.57 Å². The fraction of sp³-hybridized carbons (Fsp3) is 0. The highest BCUT2D eigenvalue weighted by Crippen LogP contribution is 2.42. The third-order valence-corrected chi connectivity index (χ3v) is 10.2. The van der Waals surface area contributed by atoms with E-state index < -0.39 is 0 Å². The van der Waals surface area contributed by atoms with Crippen LogP contribution in [-0.2, 0) is 0 Å². The normalized spacial score (nSPS) is 13.3. The summed E-state index contributed by atoms with van der Waals surface area (Å²) >= 11 is 1.55. The van der Waals surface area contributed by atoms with Gasteiger partial charge in [-0.3, -0.25) is 0 Å². The summed E-state index contributed by atoms with van der Waals surface area (Å²) < 4.78 is 56.0. The first kappa shape index (κ1) is 23.0. The minimum absolute atomic E-state index is 0.0112. The molecule has 234 valence electrons. The van der Waals surface area contributed by atoms with E-state index in [1.54, 1.807) is 15.9 Å². The minimum atomic E-state index is -0.129. The van der Waals surface area contributed by atoms with Gasteiger partial charge in [-0.05, 0) is 41.4 Å². The second-order valence-electron chi connectivity index (χ2n) is 12.0. The van der Waals surface area contributed by atoms with Crippen LogP contribution < -0.4 is 0 Å². The van der Waals surface area contributed by atoms with Crippen LogP contribution in [0.15, 0.2) is 170 Å². The standard InChI is InChI=1S/C45H28N4S/c1-3-13-29(14-4-1)31-17-11-18-32(27-31)44-46-43(30-15-5-2-6-16-30)47-45(48-44)33-25-26-36-37-21-12-24-40(42(37)50-41(36)28-33)49-38-22-9-7-19-34(38)35-20-8-10-23-39(35)49/h1-28H/i7D,10D,19D,20D,22D,23D. The molecule has 50 heavy (non-hydrogen) atoms. The molecule has 10 rings (SSSR count). The fourth-order valence-electron chi connectivity index (χ4n) is 6.67. The van der Waals surface area contributed by atoms with Crippen LogP contribution in [0.4, 0.5) is 0 Å². The van der Waals surface area contributed by atoms with Gasteiger partial charge >= 0.3 is 0 Å². The smallest absolute Gasteiger partial charge is 0.164 e. The highest BCUT2D eigenvalue weighted by Gasteiger charge is 2.18. The third-order valence-electron chi connectivity index (χ3n) is 9.00. The summed E-state index contributed by atoms with van der Waals surface area (Å²) in [4.78, 5) is 15.0. The van der Waals surface area contributed by atoms with Crippen molar-refractivity contribution in [2.24, 2.45) is 0 Å². The first-order valence-electron chi connectivity index (χ1n) is 19.2. The van der Waals surface area contributed by atoms with Crippen LogP contribution in [0.1, 0.15) is 8.22 Å². The summed E-state index contributed by atoms with van der Waals surface area (Å²) in [6.45, 7) is 0. The maximum absolute atomic E-state index is 8.98. The van der Waals surface area contributed by atoms with Crippen LogP contribution in [0, 0.1) is 0 Å². The predicted octanol–water partition coefficient (Wildman–Crippen LogP) is 12.0.